The highest BCUT2D eigenvalue weighted by molar-refractivity contribution is 4.91. The molecule has 0 aromatic carbocycles. The molecule has 1 saturated heterocycles. The first-order valence-electron chi connectivity index (χ1n) is 9.15. The fraction of sp³-hybridized carbons (Fsp3) is 1.00. The average molecular weight is 280 g/mol. The average Bonchev–Trinajstić information content (AvgIpc) is 2.68. The maximum atomic E-state index is 3.83. The van der Waals surface area contributed by atoms with E-state index in [1.165, 1.54) is 77.5 Å². The third-order valence-corrected chi connectivity index (χ3v) is 5.93. The minimum atomic E-state index is 0.385. The highest BCUT2D eigenvalue weighted by Crippen LogP contribution is 2.31. The van der Waals surface area contributed by atoms with Crippen molar-refractivity contribution in [3.05, 3.63) is 0 Å². The Labute approximate surface area is 126 Å². The van der Waals surface area contributed by atoms with E-state index in [4.69, 9.17) is 0 Å². The van der Waals surface area contributed by atoms with E-state index in [-0.39, 0.29) is 0 Å². The van der Waals surface area contributed by atoms with E-state index in [1.807, 2.05) is 0 Å². The number of hydrogen-bond acceptors (Lipinski definition) is 2. The lowest BCUT2D eigenvalue weighted by atomic mass is 9.81. The topological polar surface area (TPSA) is 15.3 Å². The number of nitrogens with one attached hydrogen (secondary N) is 1. The molecule has 2 unspecified atom stereocenters. The van der Waals surface area contributed by atoms with E-state index in [0.717, 1.165) is 11.8 Å². The molecule has 0 aromatic rings. The second-order valence-electron chi connectivity index (χ2n) is 7.47. The van der Waals surface area contributed by atoms with Crippen LogP contribution in [0.4, 0.5) is 0 Å². The van der Waals surface area contributed by atoms with Gasteiger partial charge in [-0.25, -0.2) is 0 Å². The summed E-state index contributed by atoms with van der Waals surface area (Å²) in [5.74, 6) is 1.98. The van der Waals surface area contributed by atoms with Gasteiger partial charge in [-0.2, -0.15) is 0 Å². The molecular weight excluding hydrogens is 244 g/mol. The van der Waals surface area contributed by atoms with Gasteiger partial charge in [0, 0.05) is 12.1 Å². The van der Waals surface area contributed by atoms with Gasteiger partial charge in [-0.1, -0.05) is 40.0 Å². The predicted molar refractivity (Wildman–Crippen MR) is 88.1 cm³/mol. The Kier molecular flexibility index (Phi) is 6.35. The predicted octanol–water partition coefficient (Wildman–Crippen LogP) is 4.06. The van der Waals surface area contributed by atoms with E-state index in [9.17, 15) is 0 Å². The first-order valence-corrected chi connectivity index (χ1v) is 9.15. The molecule has 2 atom stereocenters. The van der Waals surface area contributed by atoms with Crippen molar-refractivity contribution >= 4 is 0 Å². The zero-order valence-electron chi connectivity index (χ0n) is 14.1. The zero-order valence-corrected chi connectivity index (χ0v) is 14.1. The van der Waals surface area contributed by atoms with Gasteiger partial charge in [-0.3, -0.25) is 0 Å². The van der Waals surface area contributed by atoms with Gasteiger partial charge < -0.3 is 10.2 Å². The summed E-state index contributed by atoms with van der Waals surface area (Å²) in [6.07, 6.45) is 11.2. The number of nitrogens with zero attached hydrogens (tertiary/aromatic N) is 1. The van der Waals surface area contributed by atoms with Gasteiger partial charge in [0.15, 0.2) is 0 Å². The highest BCUT2D eigenvalue weighted by Gasteiger charge is 2.30. The Morgan fingerprint density at radius 2 is 1.95 bits per heavy atom. The van der Waals surface area contributed by atoms with Gasteiger partial charge in [0.1, 0.15) is 0 Å². The fourth-order valence-corrected chi connectivity index (χ4v) is 4.32. The third kappa shape index (κ3) is 4.46. The van der Waals surface area contributed by atoms with Crippen LogP contribution in [-0.2, 0) is 0 Å². The molecule has 0 spiro atoms. The maximum absolute atomic E-state index is 3.83. The van der Waals surface area contributed by atoms with E-state index in [2.05, 4.69) is 31.0 Å². The quantitative estimate of drug-likeness (QED) is 0.817. The Morgan fingerprint density at radius 3 is 2.65 bits per heavy atom. The van der Waals surface area contributed by atoms with Gasteiger partial charge in [0.05, 0.1) is 0 Å². The third-order valence-electron chi connectivity index (χ3n) is 5.93. The molecule has 1 saturated carbocycles. The molecule has 0 bridgehead atoms. The van der Waals surface area contributed by atoms with Crippen molar-refractivity contribution in [2.45, 2.75) is 77.7 Å². The van der Waals surface area contributed by atoms with Crippen molar-refractivity contribution in [3.8, 4) is 0 Å². The van der Waals surface area contributed by atoms with Crippen LogP contribution in [0.3, 0.4) is 0 Å². The first-order chi connectivity index (χ1) is 9.67. The Morgan fingerprint density at radius 1 is 1.15 bits per heavy atom. The lowest BCUT2D eigenvalue weighted by molar-refractivity contribution is 0.173. The van der Waals surface area contributed by atoms with Crippen LogP contribution in [0, 0.1) is 11.8 Å². The van der Waals surface area contributed by atoms with E-state index in [1.54, 1.807) is 0 Å². The lowest BCUT2D eigenvalue weighted by Gasteiger charge is -2.36. The Bertz CT molecular complexity index is 273. The van der Waals surface area contributed by atoms with Crippen LogP contribution in [0.5, 0.6) is 0 Å². The molecule has 2 aliphatic rings. The van der Waals surface area contributed by atoms with Gasteiger partial charge in [-0.05, 0) is 63.6 Å². The van der Waals surface area contributed by atoms with Crippen LogP contribution in [0.2, 0.25) is 0 Å². The summed E-state index contributed by atoms with van der Waals surface area (Å²) in [7, 11) is 0. The molecule has 2 heteroatoms. The van der Waals surface area contributed by atoms with Gasteiger partial charge in [0.25, 0.3) is 0 Å². The summed E-state index contributed by atoms with van der Waals surface area (Å²) in [5, 5.41) is 3.83. The van der Waals surface area contributed by atoms with Crippen molar-refractivity contribution in [1.29, 1.82) is 0 Å². The Balaban J connectivity index is 1.81. The van der Waals surface area contributed by atoms with E-state index < -0.39 is 0 Å². The summed E-state index contributed by atoms with van der Waals surface area (Å²) in [6, 6.07) is 0. The molecule has 0 radical (unpaired) electrons. The molecule has 20 heavy (non-hydrogen) atoms. The molecular formula is C18H36N2. The minimum Gasteiger partial charge on any atom is -0.310 e. The van der Waals surface area contributed by atoms with Gasteiger partial charge in [0.2, 0.25) is 0 Å². The van der Waals surface area contributed by atoms with Crippen LogP contribution in [0.25, 0.3) is 0 Å². The second-order valence-corrected chi connectivity index (χ2v) is 7.47. The van der Waals surface area contributed by atoms with Crippen LogP contribution in [0.15, 0.2) is 0 Å². The molecule has 0 aromatic heterocycles. The number of hydrogen-bond donors (Lipinski definition) is 1. The lowest BCUT2D eigenvalue weighted by Crippen LogP contribution is -2.50. The van der Waals surface area contributed by atoms with Crippen LogP contribution >= 0.6 is 0 Å². The second kappa shape index (κ2) is 7.79. The molecule has 2 rings (SSSR count). The minimum absolute atomic E-state index is 0.385. The standard InChI is InChI=1S/C18H36N2/c1-4-18(5-2)15-20(12-7-11-19-18)13-10-17-9-6-8-16(3)14-17/h16-17,19H,4-15H2,1-3H3. The molecule has 1 N–H and O–H groups in total. The molecule has 118 valence electrons. The molecule has 0 amide bonds. The smallest absolute Gasteiger partial charge is 0.0303 e. The highest BCUT2D eigenvalue weighted by atomic mass is 15.2. The Hall–Kier alpha value is -0.0800. The molecule has 2 nitrogen and oxygen atoms in total. The molecule has 1 heterocycles. The normalized spacial score (nSPS) is 31.9. The van der Waals surface area contributed by atoms with Crippen molar-refractivity contribution in [2.75, 3.05) is 26.2 Å². The zero-order chi connectivity index (χ0) is 14.4. The summed E-state index contributed by atoms with van der Waals surface area (Å²) >= 11 is 0. The van der Waals surface area contributed by atoms with Crippen LogP contribution in [0.1, 0.15) is 72.1 Å². The monoisotopic (exact) mass is 280 g/mol. The van der Waals surface area contributed by atoms with Crippen molar-refractivity contribution in [1.82, 2.24) is 10.2 Å². The summed E-state index contributed by atoms with van der Waals surface area (Å²) < 4.78 is 0. The van der Waals surface area contributed by atoms with Gasteiger partial charge in [-0.15, -0.1) is 0 Å². The molecule has 1 aliphatic carbocycles. The van der Waals surface area contributed by atoms with Gasteiger partial charge >= 0.3 is 0 Å². The van der Waals surface area contributed by atoms with Crippen molar-refractivity contribution in [2.24, 2.45) is 11.8 Å². The van der Waals surface area contributed by atoms with Crippen molar-refractivity contribution < 1.29 is 0 Å². The van der Waals surface area contributed by atoms with E-state index >= 15 is 0 Å². The van der Waals surface area contributed by atoms with Crippen LogP contribution < -0.4 is 5.32 Å². The maximum Gasteiger partial charge on any atom is 0.0303 e. The van der Waals surface area contributed by atoms with Crippen molar-refractivity contribution in [3.63, 3.8) is 0 Å². The molecule has 1 aliphatic heterocycles. The van der Waals surface area contributed by atoms with E-state index in [0.29, 0.717) is 5.54 Å². The largest absolute Gasteiger partial charge is 0.310 e. The summed E-state index contributed by atoms with van der Waals surface area (Å²) in [6.45, 7) is 12.3. The summed E-state index contributed by atoms with van der Waals surface area (Å²) in [5.41, 5.74) is 0.385. The molecule has 2 fully saturated rings. The van der Waals surface area contributed by atoms with Crippen LogP contribution in [-0.4, -0.2) is 36.6 Å². The first kappa shape index (κ1) is 16.3. The number of rotatable bonds is 5. The summed E-state index contributed by atoms with van der Waals surface area (Å²) in [4.78, 5) is 2.76. The SMILES string of the molecule is CCC1(CC)CN(CCC2CCCC(C)C2)CCCN1. The fourth-order valence-electron chi connectivity index (χ4n) is 4.32.